The molecule has 28 heavy (non-hydrogen) atoms. The van der Waals surface area contributed by atoms with Crippen LogP contribution in [-0.4, -0.2) is 21.8 Å². The van der Waals surface area contributed by atoms with Gasteiger partial charge in [-0.3, -0.25) is 19.6 Å². The van der Waals surface area contributed by atoms with Gasteiger partial charge < -0.3 is 16.4 Å². The molecule has 0 aliphatic heterocycles. The van der Waals surface area contributed by atoms with E-state index in [-0.39, 0.29) is 11.8 Å². The van der Waals surface area contributed by atoms with Crippen LogP contribution < -0.4 is 16.4 Å². The molecule has 0 unspecified atom stereocenters. The monoisotopic (exact) mass is 373 g/mol. The smallest absolute Gasteiger partial charge is 0.255 e. The summed E-state index contributed by atoms with van der Waals surface area (Å²) in [5.74, 6) is -0.480. The fraction of sp³-hybridized carbons (Fsp3) is 0.0476. The largest absolute Gasteiger partial charge is 0.396 e. The summed E-state index contributed by atoms with van der Waals surface area (Å²) in [6.45, 7) is 0.357. The van der Waals surface area contributed by atoms with Crippen LogP contribution in [0.15, 0.2) is 73.3 Å². The lowest BCUT2D eigenvalue weighted by atomic mass is 10.1. The van der Waals surface area contributed by atoms with Gasteiger partial charge in [-0.05, 0) is 41.5 Å². The molecular formula is C21H19N5O2. The molecule has 1 aromatic carbocycles. The van der Waals surface area contributed by atoms with E-state index >= 15 is 0 Å². The first-order chi connectivity index (χ1) is 13.6. The molecule has 0 saturated carbocycles. The number of nitrogens with one attached hydrogen (secondary N) is 2. The van der Waals surface area contributed by atoms with Gasteiger partial charge in [-0.25, -0.2) is 0 Å². The molecule has 0 saturated heterocycles. The average Bonchev–Trinajstić information content (AvgIpc) is 2.73. The molecule has 0 bridgehead atoms. The van der Waals surface area contributed by atoms with Crippen molar-refractivity contribution in [2.24, 2.45) is 0 Å². The van der Waals surface area contributed by atoms with Gasteiger partial charge in [-0.2, -0.15) is 0 Å². The Balaban J connectivity index is 1.53. The van der Waals surface area contributed by atoms with Crippen molar-refractivity contribution in [2.45, 2.75) is 6.54 Å². The third-order valence-corrected chi connectivity index (χ3v) is 3.89. The Labute approximate surface area is 162 Å². The zero-order valence-electron chi connectivity index (χ0n) is 15.0. The SMILES string of the molecule is Nc1cnccc1NC(=O)c1ccc(CNC(=O)/C=C/c2cccnc2)cc1. The second kappa shape index (κ2) is 9.09. The molecule has 0 spiro atoms. The van der Waals surface area contributed by atoms with Crippen LogP contribution in [-0.2, 0) is 11.3 Å². The van der Waals surface area contributed by atoms with Gasteiger partial charge >= 0.3 is 0 Å². The van der Waals surface area contributed by atoms with Crippen LogP contribution in [0.25, 0.3) is 6.08 Å². The van der Waals surface area contributed by atoms with Crippen molar-refractivity contribution in [3.05, 3.63) is 90.0 Å². The molecule has 0 fully saturated rings. The number of benzene rings is 1. The van der Waals surface area contributed by atoms with Crippen molar-refractivity contribution in [2.75, 3.05) is 11.1 Å². The van der Waals surface area contributed by atoms with E-state index in [4.69, 9.17) is 5.73 Å². The summed E-state index contributed by atoms with van der Waals surface area (Å²) in [5.41, 5.74) is 8.90. The maximum Gasteiger partial charge on any atom is 0.255 e. The van der Waals surface area contributed by atoms with Crippen molar-refractivity contribution in [3.63, 3.8) is 0 Å². The van der Waals surface area contributed by atoms with Crippen LogP contribution in [0.5, 0.6) is 0 Å². The highest BCUT2D eigenvalue weighted by Crippen LogP contribution is 2.16. The van der Waals surface area contributed by atoms with Gasteiger partial charge in [0.2, 0.25) is 5.91 Å². The first-order valence-electron chi connectivity index (χ1n) is 8.57. The highest BCUT2D eigenvalue weighted by molar-refractivity contribution is 6.05. The van der Waals surface area contributed by atoms with Crippen LogP contribution >= 0.6 is 0 Å². The number of hydrogen-bond donors (Lipinski definition) is 3. The zero-order chi connectivity index (χ0) is 19.8. The molecule has 0 aliphatic rings. The van der Waals surface area contributed by atoms with Gasteiger partial charge in [-0.15, -0.1) is 0 Å². The minimum absolute atomic E-state index is 0.209. The number of amides is 2. The number of rotatable bonds is 6. The quantitative estimate of drug-likeness (QED) is 0.576. The number of nitrogens with two attached hydrogens (primary N) is 1. The lowest BCUT2D eigenvalue weighted by Crippen LogP contribution is -2.20. The number of hydrogen-bond acceptors (Lipinski definition) is 5. The maximum atomic E-state index is 12.3. The molecule has 2 heterocycles. The number of nitrogens with zero attached hydrogens (tertiary/aromatic N) is 2. The molecule has 0 radical (unpaired) electrons. The van der Waals surface area contributed by atoms with Crippen molar-refractivity contribution < 1.29 is 9.59 Å². The first kappa shape index (κ1) is 18.8. The van der Waals surface area contributed by atoms with E-state index in [9.17, 15) is 9.59 Å². The van der Waals surface area contributed by atoms with E-state index in [1.54, 1.807) is 61.1 Å². The third kappa shape index (κ3) is 5.25. The molecule has 7 nitrogen and oxygen atoms in total. The Morgan fingerprint density at radius 1 is 1.00 bits per heavy atom. The predicted molar refractivity (Wildman–Crippen MR) is 108 cm³/mol. The van der Waals surface area contributed by atoms with Crippen LogP contribution in [0.2, 0.25) is 0 Å². The minimum Gasteiger partial charge on any atom is -0.396 e. The molecule has 140 valence electrons. The van der Waals surface area contributed by atoms with E-state index in [1.165, 1.54) is 12.3 Å². The Hall–Kier alpha value is -4.00. The predicted octanol–water partition coefficient (Wildman–Crippen LogP) is 2.64. The van der Waals surface area contributed by atoms with Gasteiger partial charge in [0, 0.05) is 36.8 Å². The van der Waals surface area contributed by atoms with Crippen LogP contribution in [0.3, 0.4) is 0 Å². The molecule has 3 rings (SSSR count). The molecular weight excluding hydrogens is 354 g/mol. The standard InChI is InChI=1S/C21H19N5O2/c22-18-14-24-11-9-19(18)26-21(28)17-6-3-16(4-7-17)13-25-20(27)8-5-15-2-1-10-23-12-15/h1-12,14H,13,22H2,(H,25,27)(H,24,26,28)/b8-5+. The zero-order valence-corrected chi connectivity index (χ0v) is 15.0. The van der Waals surface area contributed by atoms with Crippen molar-refractivity contribution in [1.29, 1.82) is 0 Å². The van der Waals surface area contributed by atoms with Gasteiger partial charge in [-0.1, -0.05) is 18.2 Å². The van der Waals surface area contributed by atoms with Crippen LogP contribution in [0, 0.1) is 0 Å². The number of carbonyl (C=O) groups excluding carboxylic acids is 2. The van der Waals surface area contributed by atoms with Gasteiger partial charge in [0.1, 0.15) is 0 Å². The Bertz CT molecular complexity index is 985. The number of nitrogen functional groups attached to an aromatic ring is 1. The molecule has 4 N–H and O–H groups in total. The molecule has 7 heteroatoms. The Morgan fingerprint density at radius 3 is 2.50 bits per heavy atom. The summed E-state index contributed by atoms with van der Waals surface area (Å²) < 4.78 is 0. The highest BCUT2D eigenvalue weighted by atomic mass is 16.2. The molecule has 2 amide bonds. The fourth-order valence-corrected chi connectivity index (χ4v) is 2.38. The minimum atomic E-state index is -0.270. The summed E-state index contributed by atoms with van der Waals surface area (Å²) in [5, 5.41) is 5.54. The Morgan fingerprint density at radius 2 is 1.79 bits per heavy atom. The number of carbonyl (C=O) groups is 2. The highest BCUT2D eigenvalue weighted by Gasteiger charge is 2.08. The van der Waals surface area contributed by atoms with E-state index in [1.807, 2.05) is 6.07 Å². The number of aromatic nitrogens is 2. The van der Waals surface area contributed by atoms with Gasteiger partial charge in [0.25, 0.3) is 5.91 Å². The molecule has 0 aliphatic carbocycles. The normalized spacial score (nSPS) is 10.6. The average molecular weight is 373 g/mol. The summed E-state index contributed by atoms with van der Waals surface area (Å²) >= 11 is 0. The second-order valence-corrected chi connectivity index (χ2v) is 5.95. The lowest BCUT2D eigenvalue weighted by Gasteiger charge is -2.08. The maximum absolute atomic E-state index is 12.3. The lowest BCUT2D eigenvalue weighted by molar-refractivity contribution is -0.116. The van der Waals surface area contributed by atoms with E-state index in [0.717, 1.165) is 11.1 Å². The fourth-order valence-electron chi connectivity index (χ4n) is 2.38. The first-order valence-corrected chi connectivity index (χ1v) is 8.57. The summed E-state index contributed by atoms with van der Waals surface area (Å²) in [6.07, 6.45) is 9.53. The number of pyridine rings is 2. The summed E-state index contributed by atoms with van der Waals surface area (Å²) in [6, 6.07) is 12.3. The molecule has 2 aromatic heterocycles. The van der Waals surface area contributed by atoms with Crippen LogP contribution in [0.4, 0.5) is 11.4 Å². The second-order valence-electron chi connectivity index (χ2n) is 5.95. The van der Waals surface area contributed by atoms with Crippen molar-refractivity contribution in [3.8, 4) is 0 Å². The van der Waals surface area contributed by atoms with Gasteiger partial charge in [0.15, 0.2) is 0 Å². The van der Waals surface area contributed by atoms with Crippen molar-refractivity contribution in [1.82, 2.24) is 15.3 Å². The van der Waals surface area contributed by atoms with E-state index in [2.05, 4.69) is 20.6 Å². The summed E-state index contributed by atoms with van der Waals surface area (Å²) in [4.78, 5) is 32.1. The Kier molecular flexibility index (Phi) is 6.10. The van der Waals surface area contributed by atoms with E-state index < -0.39 is 0 Å². The molecule has 0 atom stereocenters. The van der Waals surface area contributed by atoms with Gasteiger partial charge in [0.05, 0.1) is 17.6 Å². The number of anilines is 2. The third-order valence-electron chi connectivity index (χ3n) is 3.89. The van der Waals surface area contributed by atoms with Crippen LogP contribution in [0.1, 0.15) is 21.5 Å². The van der Waals surface area contributed by atoms with E-state index in [0.29, 0.717) is 23.5 Å². The molecule has 3 aromatic rings. The van der Waals surface area contributed by atoms with Crippen molar-refractivity contribution >= 4 is 29.3 Å². The topological polar surface area (TPSA) is 110 Å². The summed E-state index contributed by atoms with van der Waals surface area (Å²) in [7, 11) is 0.